The Balaban J connectivity index is 2.49. The maximum atomic E-state index is 6.16. The van der Waals surface area contributed by atoms with Gasteiger partial charge in [0.15, 0.2) is 5.82 Å². The molecule has 1 aromatic carbocycles. The average molecular weight is 418 g/mol. The maximum absolute atomic E-state index is 6.16. The summed E-state index contributed by atoms with van der Waals surface area (Å²) in [5.74, 6) is 2.22. The fourth-order valence-corrected chi connectivity index (χ4v) is 2.69. The number of nitrogen functional groups attached to an aromatic ring is 1. The number of ether oxygens (including phenoxy) is 1. The lowest BCUT2D eigenvalue weighted by Gasteiger charge is -2.11. The summed E-state index contributed by atoms with van der Waals surface area (Å²) in [6.07, 6.45) is 0.863. The third kappa shape index (κ3) is 3.77. The Bertz CT molecular complexity index is 662. The van der Waals surface area contributed by atoms with Gasteiger partial charge in [0.1, 0.15) is 11.6 Å². The molecule has 0 aliphatic rings. The van der Waals surface area contributed by atoms with E-state index in [1.807, 2.05) is 6.07 Å². The first kappa shape index (κ1) is 16.3. The molecule has 0 saturated carbocycles. The molecule has 0 aliphatic heterocycles. The lowest BCUT2D eigenvalue weighted by molar-refractivity contribution is 0.415. The van der Waals surface area contributed by atoms with Gasteiger partial charge >= 0.3 is 0 Å². The molecular formula is C15H17ClIN3O. The van der Waals surface area contributed by atoms with Crippen LogP contribution in [0.4, 0.5) is 5.82 Å². The number of methoxy groups -OCH3 is 1. The molecule has 0 saturated heterocycles. The normalized spacial score (nSPS) is 11.0. The van der Waals surface area contributed by atoms with Crippen molar-refractivity contribution < 1.29 is 4.74 Å². The summed E-state index contributed by atoms with van der Waals surface area (Å²) in [6, 6.07) is 5.48. The van der Waals surface area contributed by atoms with Gasteiger partial charge in [-0.1, -0.05) is 25.4 Å². The number of benzene rings is 1. The summed E-state index contributed by atoms with van der Waals surface area (Å²) >= 11 is 8.36. The molecule has 21 heavy (non-hydrogen) atoms. The molecule has 0 amide bonds. The van der Waals surface area contributed by atoms with E-state index in [4.69, 9.17) is 22.1 Å². The van der Waals surface area contributed by atoms with Crippen LogP contribution in [-0.4, -0.2) is 17.1 Å². The minimum absolute atomic E-state index is 0.500. The van der Waals surface area contributed by atoms with Crippen molar-refractivity contribution in [3.05, 3.63) is 32.5 Å². The van der Waals surface area contributed by atoms with Gasteiger partial charge in [-0.15, -0.1) is 0 Å². The average Bonchev–Trinajstić information content (AvgIpc) is 2.43. The summed E-state index contributed by atoms with van der Waals surface area (Å²) in [5.41, 5.74) is 7.81. The minimum Gasteiger partial charge on any atom is -0.495 e. The molecule has 4 nitrogen and oxygen atoms in total. The largest absolute Gasteiger partial charge is 0.495 e. The molecule has 1 aromatic heterocycles. The molecule has 2 aromatic rings. The Labute approximate surface area is 143 Å². The highest BCUT2D eigenvalue weighted by Crippen LogP contribution is 2.30. The molecule has 0 spiro atoms. The molecule has 0 aliphatic carbocycles. The van der Waals surface area contributed by atoms with E-state index < -0.39 is 0 Å². The molecule has 1 heterocycles. The van der Waals surface area contributed by atoms with Crippen molar-refractivity contribution in [2.75, 3.05) is 12.8 Å². The summed E-state index contributed by atoms with van der Waals surface area (Å²) in [5, 5.41) is 0.529. The summed E-state index contributed by atoms with van der Waals surface area (Å²) in [7, 11) is 1.58. The van der Waals surface area contributed by atoms with E-state index in [0.29, 0.717) is 28.3 Å². The predicted octanol–water partition coefficient (Wildman–Crippen LogP) is 4.19. The van der Waals surface area contributed by atoms with Crippen LogP contribution in [0.2, 0.25) is 5.02 Å². The highest BCUT2D eigenvalue weighted by Gasteiger charge is 2.13. The second-order valence-electron chi connectivity index (χ2n) is 5.14. The summed E-state index contributed by atoms with van der Waals surface area (Å²) in [4.78, 5) is 9.01. The smallest absolute Gasteiger partial charge is 0.161 e. The molecule has 0 fully saturated rings. The standard InChI is InChI=1S/C15H17ClIN3O/c1-8(2)6-11-13(17)14(18)20-15(19-11)9-4-5-12(21-3)10(16)7-9/h4-5,7-8H,6H2,1-3H3,(H2,18,19,20). The molecule has 2 rings (SSSR count). The zero-order chi connectivity index (χ0) is 15.6. The molecular weight excluding hydrogens is 401 g/mol. The molecule has 6 heteroatoms. The molecule has 0 bridgehead atoms. The van der Waals surface area contributed by atoms with Crippen LogP contribution in [-0.2, 0) is 6.42 Å². The number of rotatable bonds is 4. The van der Waals surface area contributed by atoms with Crippen molar-refractivity contribution in [1.82, 2.24) is 9.97 Å². The van der Waals surface area contributed by atoms with E-state index in [1.165, 1.54) is 0 Å². The van der Waals surface area contributed by atoms with Gasteiger partial charge in [0.2, 0.25) is 0 Å². The Morgan fingerprint density at radius 2 is 2.05 bits per heavy atom. The minimum atomic E-state index is 0.500. The monoisotopic (exact) mass is 417 g/mol. The number of hydrogen-bond acceptors (Lipinski definition) is 4. The Morgan fingerprint density at radius 1 is 1.33 bits per heavy atom. The SMILES string of the molecule is COc1ccc(-c2nc(N)c(I)c(CC(C)C)n2)cc1Cl. The number of halogens is 2. The first-order valence-electron chi connectivity index (χ1n) is 6.58. The second kappa shape index (κ2) is 6.79. The fourth-order valence-electron chi connectivity index (χ4n) is 1.97. The van der Waals surface area contributed by atoms with Gasteiger partial charge in [0, 0.05) is 5.56 Å². The number of nitrogens with two attached hydrogens (primary N) is 1. The van der Waals surface area contributed by atoms with E-state index in [-0.39, 0.29) is 0 Å². The van der Waals surface area contributed by atoms with Crippen LogP contribution in [0, 0.1) is 9.49 Å². The third-order valence-corrected chi connectivity index (χ3v) is 4.43. The van der Waals surface area contributed by atoms with Gasteiger partial charge in [-0.3, -0.25) is 0 Å². The predicted molar refractivity (Wildman–Crippen MR) is 94.7 cm³/mol. The zero-order valence-corrected chi connectivity index (χ0v) is 15.1. The Morgan fingerprint density at radius 3 is 2.62 bits per heavy atom. The van der Waals surface area contributed by atoms with Crippen molar-refractivity contribution in [1.29, 1.82) is 0 Å². The van der Waals surface area contributed by atoms with Crippen LogP contribution in [0.15, 0.2) is 18.2 Å². The molecule has 0 atom stereocenters. The van der Waals surface area contributed by atoms with Crippen LogP contribution in [0.25, 0.3) is 11.4 Å². The third-order valence-electron chi connectivity index (χ3n) is 2.96. The quantitative estimate of drug-likeness (QED) is 0.758. The van der Waals surface area contributed by atoms with Crippen LogP contribution >= 0.6 is 34.2 Å². The van der Waals surface area contributed by atoms with Crippen molar-refractivity contribution in [2.24, 2.45) is 5.92 Å². The van der Waals surface area contributed by atoms with E-state index in [0.717, 1.165) is 21.2 Å². The summed E-state index contributed by atoms with van der Waals surface area (Å²) < 4.78 is 6.08. The van der Waals surface area contributed by atoms with Gasteiger partial charge < -0.3 is 10.5 Å². The molecule has 112 valence electrons. The topological polar surface area (TPSA) is 61.0 Å². The lowest BCUT2D eigenvalue weighted by Crippen LogP contribution is -2.07. The lowest BCUT2D eigenvalue weighted by atomic mass is 10.1. The van der Waals surface area contributed by atoms with Crippen molar-refractivity contribution in [3.63, 3.8) is 0 Å². The first-order valence-corrected chi connectivity index (χ1v) is 8.03. The van der Waals surface area contributed by atoms with Crippen molar-refractivity contribution in [3.8, 4) is 17.1 Å². The van der Waals surface area contributed by atoms with Gasteiger partial charge in [-0.25, -0.2) is 9.97 Å². The Kier molecular flexibility index (Phi) is 5.27. The molecule has 0 unspecified atom stereocenters. The zero-order valence-electron chi connectivity index (χ0n) is 12.2. The van der Waals surface area contributed by atoms with Crippen molar-refractivity contribution >= 4 is 40.0 Å². The molecule has 2 N–H and O–H groups in total. The fraction of sp³-hybridized carbons (Fsp3) is 0.333. The summed E-state index contributed by atoms with van der Waals surface area (Å²) in [6.45, 7) is 4.30. The van der Waals surface area contributed by atoms with Crippen molar-refractivity contribution in [2.45, 2.75) is 20.3 Å². The number of hydrogen-bond donors (Lipinski definition) is 1. The second-order valence-corrected chi connectivity index (χ2v) is 6.63. The van der Waals surface area contributed by atoms with E-state index >= 15 is 0 Å². The first-order chi connectivity index (χ1) is 9.92. The van der Waals surface area contributed by atoms with Crippen LogP contribution < -0.4 is 10.5 Å². The van der Waals surface area contributed by atoms with Crippen LogP contribution in [0.3, 0.4) is 0 Å². The highest BCUT2D eigenvalue weighted by molar-refractivity contribution is 14.1. The van der Waals surface area contributed by atoms with Gasteiger partial charge in [0.25, 0.3) is 0 Å². The molecule has 0 radical (unpaired) electrons. The van der Waals surface area contributed by atoms with Crippen LogP contribution in [0.1, 0.15) is 19.5 Å². The number of aromatic nitrogens is 2. The number of nitrogens with zero attached hydrogens (tertiary/aromatic N) is 2. The van der Waals surface area contributed by atoms with Gasteiger partial charge in [-0.05, 0) is 53.1 Å². The van der Waals surface area contributed by atoms with E-state index in [1.54, 1.807) is 19.2 Å². The highest BCUT2D eigenvalue weighted by atomic mass is 127. The van der Waals surface area contributed by atoms with Gasteiger partial charge in [0.05, 0.1) is 21.4 Å². The Hall–Kier alpha value is -1.08. The van der Waals surface area contributed by atoms with Gasteiger partial charge in [-0.2, -0.15) is 0 Å². The van der Waals surface area contributed by atoms with Crippen LogP contribution in [0.5, 0.6) is 5.75 Å². The number of anilines is 1. The van der Waals surface area contributed by atoms with E-state index in [9.17, 15) is 0 Å². The van der Waals surface area contributed by atoms with E-state index in [2.05, 4.69) is 46.4 Å². The maximum Gasteiger partial charge on any atom is 0.161 e.